The molecular formula is C22H35N3O2. The van der Waals surface area contributed by atoms with E-state index in [2.05, 4.69) is 54.6 Å². The van der Waals surface area contributed by atoms with Gasteiger partial charge in [-0.15, -0.1) is 0 Å². The molecule has 5 heteroatoms. The van der Waals surface area contributed by atoms with Crippen LogP contribution in [0.25, 0.3) is 0 Å². The van der Waals surface area contributed by atoms with E-state index in [0.717, 1.165) is 32.2 Å². The molecule has 1 aromatic rings. The molecule has 1 aromatic carbocycles. The average molecular weight is 374 g/mol. The molecule has 0 aromatic heterocycles. The maximum atomic E-state index is 11.9. The lowest BCUT2D eigenvalue weighted by molar-refractivity contribution is 0.0492. The van der Waals surface area contributed by atoms with Gasteiger partial charge in [0.25, 0.3) is 0 Å². The highest BCUT2D eigenvalue weighted by atomic mass is 16.6. The van der Waals surface area contributed by atoms with E-state index in [1.807, 2.05) is 20.8 Å². The van der Waals surface area contributed by atoms with Crippen LogP contribution in [0.2, 0.25) is 0 Å². The van der Waals surface area contributed by atoms with Crippen LogP contribution >= 0.6 is 0 Å². The van der Waals surface area contributed by atoms with Crippen molar-refractivity contribution in [2.45, 2.75) is 83.4 Å². The predicted molar refractivity (Wildman–Crippen MR) is 112 cm³/mol. The fraction of sp³-hybridized carbons (Fsp3) is 0.682. The third-order valence-corrected chi connectivity index (χ3v) is 5.59. The Balaban J connectivity index is 1.52. The van der Waals surface area contributed by atoms with Crippen LogP contribution in [0.5, 0.6) is 0 Å². The second kappa shape index (κ2) is 7.25. The topological polar surface area (TPSA) is 53.6 Å². The molecule has 150 valence electrons. The third-order valence-electron chi connectivity index (χ3n) is 5.59. The minimum atomic E-state index is -0.446. The summed E-state index contributed by atoms with van der Waals surface area (Å²) in [5.41, 5.74) is 3.74. The van der Waals surface area contributed by atoms with Crippen LogP contribution < -0.4 is 15.5 Å². The number of hydrogen-bond acceptors (Lipinski definition) is 4. The largest absolute Gasteiger partial charge is 0.444 e. The lowest BCUT2D eigenvalue weighted by atomic mass is 9.87. The number of rotatable bonds is 3. The lowest BCUT2D eigenvalue weighted by Crippen LogP contribution is -2.42. The van der Waals surface area contributed by atoms with Crippen LogP contribution in [-0.4, -0.2) is 37.4 Å². The summed E-state index contributed by atoms with van der Waals surface area (Å²) in [6, 6.07) is 7.45. The van der Waals surface area contributed by atoms with Gasteiger partial charge in [0, 0.05) is 42.5 Å². The normalized spacial score (nSPS) is 24.3. The number of hydrogen-bond donors (Lipinski definition) is 2. The van der Waals surface area contributed by atoms with E-state index in [1.165, 1.54) is 16.9 Å². The van der Waals surface area contributed by atoms with Crippen LogP contribution in [0.15, 0.2) is 18.2 Å². The Bertz CT molecular complexity index is 685. The molecule has 0 bridgehead atoms. The molecule has 1 aliphatic carbocycles. The van der Waals surface area contributed by atoms with Gasteiger partial charge in [-0.2, -0.15) is 0 Å². The Hall–Kier alpha value is -1.91. The van der Waals surface area contributed by atoms with Gasteiger partial charge in [-0.3, -0.25) is 0 Å². The van der Waals surface area contributed by atoms with Crippen molar-refractivity contribution in [2.24, 2.45) is 0 Å². The first-order valence-corrected chi connectivity index (χ1v) is 10.2. The average Bonchev–Trinajstić information content (AvgIpc) is 2.76. The summed E-state index contributed by atoms with van der Waals surface area (Å²) in [4.78, 5) is 14.3. The molecule has 2 aliphatic rings. The second-order valence-corrected chi connectivity index (χ2v) is 9.81. The SMILES string of the molecule is CN1CC(C)(C)c2ccc(NC3CCC(NC(=O)OC(C)(C)C)CC3)cc21. The van der Waals surface area contributed by atoms with Crippen LogP contribution in [0.3, 0.4) is 0 Å². The van der Waals surface area contributed by atoms with E-state index in [0.29, 0.717) is 6.04 Å². The molecule has 5 nitrogen and oxygen atoms in total. The number of carbonyl (C=O) groups is 1. The quantitative estimate of drug-likeness (QED) is 0.809. The van der Waals surface area contributed by atoms with E-state index in [4.69, 9.17) is 4.74 Å². The molecular weight excluding hydrogens is 338 g/mol. The van der Waals surface area contributed by atoms with Crippen molar-refractivity contribution in [3.05, 3.63) is 23.8 Å². The number of nitrogens with zero attached hydrogens (tertiary/aromatic N) is 1. The standard InChI is InChI=1S/C22H35N3O2/c1-21(2,3)27-20(26)24-16-9-7-15(8-10-16)23-17-11-12-18-19(13-17)25(6)14-22(18,4)5/h11-13,15-16,23H,7-10,14H2,1-6H3,(H,24,26). The van der Waals surface area contributed by atoms with Crippen LogP contribution in [0.1, 0.15) is 65.9 Å². The summed E-state index contributed by atoms with van der Waals surface area (Å²) in [6.07, 6.45) is 3.77. The van der Waals surface area contributed by atoms with Gasteiger partial charge in [-0.25, -0.2) is 4.79 Å². The van der Waals surface area contributed by atoms with E-state index in [-0.39, 0.29) is 17.6 Å². The Morgan fingerprint density at radius 1 is 1.15 bits per heavy atom. The molecule has 1 aliphatic heterocycles. The minimum absolute atomic E-state index is 0.213. The number of nitrogens with one attached hydrogen (secondary N) is 2. The summed E-state index contributed by atoms with van der Waals surface area (Å²) >= 11 is 0. The molecule has 27 heavy (non-hydrogen) atoms. The van der Waals surface area contributed by atoms with E-state index < -0.39 is 5.60 Å². The van der Waals surface area contributed by atoms with Gasteiger partial charge in [0.2, 0.25) is 0 Å². The second-order valence-electron chi connectivity index (χ2n) is 9.81. The number of benzene rings is 1. The summed E-state index contributed by atoms with van der Waals surface area (Å²) < 4.78 is 5.36. The molecule has 1 heterocycles. The number of likely N-dealkylation sites (N-methyl/N-ethyl adjacent to an activating group) is 1. The highest BCUT2D eigenvalue weighted by Gasteiger charge is 2.33. The highest BCUT2D eigenvalue weighted by Crippen LogP contribution is 2.41. The maximum absolute atomic E-state index is 11.9. The lowest BCUT2D eigenvalue weighted by Gasteiger charge is -2.31. The number of ether oxygens (including phenoxy) is 1. The zero-order valence-corrected chi connectivity index (χ0v) is 17.7. The number of carbonyl (C=O) groups excluding carboxylic acids is 1. The molecule has 1 amide bonds. The van der Waals surface area contributed by atoms with Crippen molar-refractivity contribution >= 4 is 17.5 Å². The molecule has 0 unspecified atom stereocenters. The number of amides is 1. The van der Waals surface area contributed by atoms with E-state index in [1.54, 1.807) is 0 Å². The van der Waals surface area contributed by atoms with Crippen molar-refractivity contribution in [1.29, 1.82) is 0 Å². The van der Waals surface area contributed by atoms with Crippen molar-refractivity contribution in [3.8, 4) is 0 Å². The van der Waals surface area contributed by atoms with Gasteiger partial charge in [0.05, 0.1) is 0 Å². The first-order valence-electron chi connectivity index (χ1n) is 10.2. The van der Waals surface area contributed by atoms with E-state index in [9.17, 15) is 4.79 Å². The van der Waals surface area contributed by atoms with Gasteiger partial charge in [-0.05, 0) is 64.2 Å². The van der Waals surface area contributed by atoms with Crippen LogP contribution in [-0.2, 0) is 10.2 Å². The fourth-order valence-electron chi connectivity index (χ4n) is 4.36. The summed E-state index contributed by atoms with van der Waals surface area (Å²) in [5, 5.41) is 6.71. The third kappa shape index (κ3) is 4.88. The smallest absolute Gasteiger partial charge is 0.407 e. The van der Waals surface area contributed by atoms with Crippen molar-refractivity contribution in [3.63, 3.8) is 0 Å². The summed E-state index contributed by atoms with van der Waals surface area (Å²) in [7, 11) is 2.17. The maximum Gasteiger partial charge on any atom is 0.407 e. The van der Waals surface area contributed by atoms with Gasteiger partial charge in [-0.1, -0.05) is 19.9 Å². The summed E-state index contributed by atoms with van der Waals surface area (Å²) in [6.45, 7) is 11.4. The van der Waals surface area contributed by atoms with E-state index >= 15 is 0 Å². The zero-order valence-electron chi connectivity index (χ0n) is 17.7. The highest BCUT2D eigenvalue weighted by molar-refractivity contribution is 5.69. The first-order chi connectivity index (χ1) is 12.5. The van der Waals surface area contributed by atoms with Crippen molar-refractivity contribution < 1.29 is 9.53 Å². The Morgan fingerprint density at radius 2 is 1.78 bits per heavy atom. The van der Waals surface area contributed by atoms with Gasteiger partial charge >= 0.3 is 6.09 Å². The van der Waals surface area contributed by atoms with Crippen LogP contribution in [0.4, 0.5) is 16.2 Å². The molecule has 0 spiro atoms. The molecule has 1 saturated carbocycles. The van der Waals surface area contributed by atoms with Crippen molar-refractivity contribution in [2.75, 3.05) is 23.8 Å². The zero-order chi connectivity index (χ0) is 19.8. The Kier molecular flexibility index (Phi) is 5.33. The summed E-state index contributed by atoms with van der Waals surface area (Å²) in [5.74, 6) is 0. The van der Waals surface area contributed by atoms with Crippen LogP contribution in [0, 0.1) is 0 Å². The molecule has 0 atom stereocenters. The minimum Gasteiger partial charge on any atom is -0.444 e. The molecule has 1 fully saturated rings. The van der Waals surface area contributed by atoms with Crippen molar-refractivity contribution in [1.82, 2.24) is 5.32 Å². The number of fused-ring (bicyclic) bond motifs is 1. The molecule has 0 saturated heterocycles. The van der Waals surface area contributed by atoms with Gasteiger partial charge in [0.1, 0.15) is 5.60 Å². The predicted octanol–water partition coefficient (Wildman–Crippen LogP) is 4.66. The Morgan fingerprint density at radius 3 is 2.41 bits per heavy atom. The van der Waals surface area contributed by atoms with Gasteiger partial charge in [0.15, 0.2) is 0 Å². The molecule has 2 N–H and O–H groups in total. The molecule has 0 radical (unpaired) electrons. The first kappa shape index (κ1) is 19.8. The Labute approximate surface area is 163 Å². The monoisotopic (exact) mass is 373 g/mol. The molecule has 3 rings (SSSR count). The number of alkyl carbamates (subject to hydrolysis) is 1. The fourth-order valence-corrected chi connectivity index (χ4v) is 4.36. The van der Waals surface area contributed by atoms with Gasteiger partial charge < -0.3 is 20.3 Å². The number of anilines is 2.